The quantitative estimate of drug-likeness (QED) is 0.170. The number of benzene rings is 4. The molecule has 7 rings (SSSR count). The molecule has 0 saturated carbocycles. The molecule has 6 aromatic rings. The Bertz CT molecular complexity index is 1660. The van der Waals surface area contributed by atoms with Crippen LogP contribution in [-0.2, 0) is 30.9 Å². The predicted octanol–water partition coefficient (Wildman–Crippen LogP) is 9.66. The first-order chi connectivity index (χ1) is 20.3. The van der Waals surface area contributed by atoms with Crippen molar-refractivity contribution >= 4 is 11.0 Å². The Hall–Kier alpha value is -3.98. The van der Waals surface area contributed by atoms with E-state index in [-0.39, 0.29) is 30.9 Å². The normalized spacial score (nSPS) is 14.5. The maximum atomic E-state index is 5.16. The Balaban J connectivity index is 0.000000238. The van der Waals surface area contributed by atoms with Crippen LogP contribution in [0, 0.1) is 12.1 Å². The minimum atomic E-state index is 0. The summed E-state index contributed by atoms with van der Waals surface area (Å²) in [6, 6.07) is 43.1. The van der Waals surface area contributed by atoms with Crippen LogP contribution in [0.3, 0.4) is 0 Å². The molecule has 0 bridgehead atoms. The van der Waals surface area contributed by atoms with Gasteiger partial charge in [0.05, 0.1) is 16.7 Å². The zero-order valence-corrected chi connectivity index (χ0v) is 27.5. The summed E-state index contributed by atoms with van der Waals surface area (Å²) in [4.78, 5) is 14.5. The molecule has 43 heavy (non-hydrogen) atoms. The van der Waals surface area contributed by atoms with Crippen molar-refractivity contribution in [3.05, 3.63) is 139 Å². The summed E-state index contributed by atoms with van der Waals surface area (Å²) in [5.74, 6) is 0. The van der Waals surface area contributed by atoms with Gasteiger partial charge >= 0.3 is 0 Å². The smallest absolute Gasteiger partial charge is 0.0878 e. The van der Waals surface area contributed by atoms with Crippen LogP contribution in [0.25, 0.3) is 44.8 Å². The minimum Gasteiger partial charge on any atom is -0.305 e. The molecular formula is C39H35IrN3-2. The summed E-state index contributed by atoms with van der Waals surface area (Å²) >= 11 is 0. The summed E-state index contributed by atoms with van der Waals surface area (Å²) in [6.45, 7) is 9.41. The van der Waals surface area contributed by atoms with Crippen molar-refractivity contribution in [3.63, 3.8) is 0 Å². The van der Waals surface area contributed by atoms with Crippen LogP contribution in [-0.4, -0.2) is 15.0 Å². The molecule has 0 saturated heterocycles. The van der Waals surface area contributed by atoms with Crippen LogP contribution in [0.15, 0.2) is 115 Å². The summed E-state index contributed by atoms with van der Waals surface area (Å²) in [6.07, 6.45) is 4.16. The van der Waals surface area contributed by atoms with Crippen molar-refractivity contribution in [2.45, 2.75) is 51.4 Å². The topological polar surface area (TPSA) is 38.7 Å². The van der Waals surface area contributed by atoms with E-state index >= 15 is 0 Å². The standard InChI is InChI=1S/C28H27N2.C11H8N.Ir/c1-27(2)15-16-28(3,4)22-18-24-23(17-21(22)27)29-25(19-11-7-5-8-12-19)26(30-24)20-13-9-6-10-14-20;1-2-6-10(7-3-1)11-8-4-5-9-12-11;/h5-13,17-18H,15-16H2,1-4H3;1-6,8-9H;/q2*-1;. The first-order valence-corrected chi connectivity index (χ1v) is 14.6. The van der Waals surface area contributed by atoms with Crippen molar-refractivity contribution < 1.29 is 20.1 Å². The molecule has 1 aliphatic carbocycles. The minimum absolute atomic E-state index is 0. The predicted molar refractivity (Wildman–Crippen MR) is 173 cm³/mol. The maximum Gasteiger partial charge on any atom is 0.0878 e. The molecule has 0 aliphatic heterocycles. The van der Waals surface area contributed by atoms with Crippen LogP contribution in [0.2, 0.25) is 0 Å². The largest absolute Gasteiger partial charge is 0.305 e. The van der Waals surface area contributed by atoms with Gasteiger partial charge in [0.2, 0.25) is 0 Å². The monoisotopic (exact) mass is 738 g/mol. The van der Waals surface area contributed by atoms with Gasteiger partial charge in [0.15, 0.2) is 0 Å². The molecule has 0 atom stereocenters. The molecule has 0 unspecified atom stereocenters. The molecular weight excluding hydrogens is 703 g/mol. The molecule has 217 valence electrons. The molecule has 3 nitrogen and oxygen atoms in total. The Morgan fingerprint density at radius 1 is 0.581 bits per heavy atom. The van der Waals surface area contributed by atoms with E-state index in [1.807, 2.05) is 66.7 Å². The van der Waals surface area contributed by atoms with E-state index in [4.69, 9.17) is 9.97 Å². The maximum absolute atomic E-state index is 5.16. The summed E-state index contributed by atoms with van der Waals surface area (Å²) < 4.78 is 0. The Morgan fingerprint density at radius 2 is 1.12 bits per heavy atom. The average molecular weight is 738 g/mol. The molecule has 0 fully saturated rings. The van der Waals surface area contributed by atoms with Crippen LogP contribution in [0.4, 0.5) is 0 Å². The fourth-order valence-electron chi connectivity index (χ4n) is 5.72. The van der Waals surface area contributed by atoms with Gasteiger partial charge in [-0.15, -0.1) is 71.8 Å². The number of rotatable bonds is 3. The van der Waals surface area contributed by atoms with E-state index in [2.05, 4.69) is 87.3 Å². The fourth-order valence-corrected chi connectivity index (χ4v) is 5.72. The molecule has 4 aromatic carbocycles. The van der Waals surface area contributed by atoms with E-state index in [0.717, 1.165) is 44.8 Å². The average Bonchev–Trinajstić information content (AvgIpc) is 3.04. The summed E-state index contributed by atoms with van der Waals surface area (Å²) in [5.41, 5.74) is 10.9. The first-order valence-electron chi connectivity index (χ1n) is 14.6. The molecule has 2 aromatic heterocycles. The van der Waals surface area contributed by atoms with Gasteiger partial charge in [0, 0.05) is 32.0 Å². The molecule has 0 spiro atoms. The van der Waals surface area contributed by atoms with Crippen LogP contribution in [0.1, 0.15) is 51.7 Å². The van der Waals surface area contributed by atoms with Gasteiger partial charge in [0.25, 0.3) is 0 Å². The Labute approximate surface area is 268 Å². The van der Waals surface area contributed by atoms with Crippen LogP contribution >= 0.6 is 0 Å². The summed E-state index contributed by atoms with van der Waals surface area (Å²) in [7, 11) is 0. The number of pyridine rings is 1. The SMILES string of the molecule is CC1(C)CCC(C)(C)c2cc3nc(-c4ccccc4)c(-c4[c-]cccc4)nc3cc21.[Ir].[c-]1ccccc1-c1ccccn1. The van der Waals surface area contributed by atoms with Crippen LogP contribution < -0.4 is 0 Å². The fraction of sp³-hybridized carbons (Fsp3) is 0.205. The van der Waals surface area contributed by atoms with Gasteiger partial charge in [-0.1, -0.05) is 70.2 Å². The van der Waals surface area contributed by atoms with Gasteiger partial charge < -0.3 is 4.98 Å². The second-order valence-electron chi connectivity index (χ2n) is 12.2. The number of hydrogen-bond donors (Lipinski definition) is 0. The van der Waals surface area contributed by atoms with Gasteiger partial charge in [-0.05, 0) is 64.3 Å². The van der Waals surface area contributed by atoms with Crippen molar-refractivity contribution in [1.29, 1.82) is 0 Å². The third-order valence-corrected chi connectivity index (χ3v) is 8.30. The third kappa shape index (κ3) is 6.51. The Morgan fingerprint density at radius 3 is 1.65 bits per heavy atom. The summed E-state index contributed by atoms with van der Waals surface area (Å²) in [5, 5.41) is 0. The van der Waals surface area contributed by atoms with E-state index in [1.165, 1.54) is 24.0 Å². The number of aromatic nitrogens is 3. The van der Waals surface area contributed by atoms with Gasteiger partial charge in [0.1, 0.15) is 0 Å². The third-order valence-electron chi connectivity index (χ3n) is 8.30. The van der Waals surface area contributed by atoms with Gasteiger partial charge in [-0.3, -0.25) is 9.97 Å². The van der Waals surface area contributed by atoms with E-state index in [9.17, 15) is 0 Å². The molecule has 4 heteroatoms. The first kappa shape index (κ1) is 30.5. The zero-order chi connectivity index (χ0) is 29.2. The zero-order valence-electron chi connectivity index (χ0n) is 25.1. The number of hydrogen-bond acceptors (Lipinski definition) is 3. The molecule has 0 amide bonds. The van der Waals surface area contributed by atoms with Crippen molar-refractivity contribution in [3.8, 4) is 33.8 Å². The van der Waals surface area contributed by atoms with Gasteiger partial charge in [-0.25, -0.2) is 0 Å². The van der Waals surface area contributed by atoms with Gasteiger partial charge in [-0.2, -0.15) is 0 Å². The number of nitrogens with zero attached hydrogens (tertiary/aromatic N) is 3. The van der Waals surface area contributed by atoms with Crippen molar-refractivity contribution in [2.75, 3.05) is 0 Å². The molecule has 1 aliphatic rings. The van der Waals surface area contributed by atoms with E-state index in [1.54, 1.807) is 6.20 Å². The second-order valence-corrected chi connectivity index (χ2v) is 12.2. The molecule has 0 N–H and O–H groups in total. The Kier molecular flexibility index (Phi) is 9.01. The van der Waals surface area contributed by atoms with E-state index < -0.39 is 0 Å². The number of fused-ring (bicyclic) bond motifs is 2. The van der Waals surface area contributed by atoms with Crippen LogP contribution in [0.5, 0.6) is 0 Å². The van der Waals surface area contributed by atoms with E-state index in [0.29, 0.717) is 0 Å². The second kappa shape index (κ2) is 12.7. The molecule has 2 heterocycles. The van der Waals surface area contributed by atoms with Crippen molar-refractivity contribution in [2.24, 2.45) is 0 Å². The molecule has 1 radical (unpaired) electrons. The van der Waals surface area contributed by atoms with Crippen molar-refractivity contribution in [1.82, 2.24) is 15.0 Å².